The summed E-state index contributed by atoms with van der Waals surface area (Å²) in [6, 6.07) is 5.23. The van der Waals surface area contributed by atoms with Crippen molar-refractivity contribution in [1.29, 1.82) is 0 Å². The van der Waals surface area contributed by atoms with E-state index in [4.69, 9.17) is 23.2 Å². The van der Waals surface area contributed by atoms with Crippen LogP contribution in [0.5, 0.6) is 0 Å². The second-order valence-corrected chi connectivity index (χ2v) is 10.9. The summed E-state index contributed by atoms with van der Waals surface area (Å²) in [6.07, 6.45) is 1.17. The molecule has 2 fully saturated rings. The molecule has 0 bridgehead atoms. The van der Waals surface area contributed by atoms with E-state index in [1.165, 1.54) is 0 Å². The zero-order valence-electron chi connectivity index (χ0n) is 15.2. The van der Waals surface area contributed by atoms with Gasteiger partial charge in [-0.05, 0) is 44.6 Å². The van der Waals surface area contributed by atoms with Crippen LogP contribution in [0.25, 0.3) is 0 Å². The summed E-state index contributed by atoms with van der Waals surface area (Å²) < 4.78 is 24.0. The summed E-state index contributed by atoms with van der Waals surface area (Å²) in [7, 11) is 0.787. The number of likely N-dealkylation sites (N-methyl/N-ethyl adjacent to an activating group) is 1. The highest BCUT2D eigenvalue weighted by molar-refractivity contribution is 7.91. The van der Waals surface area contributed by atoms with Crippen molar-refractivity contribution in [3.05, 3.63) is 33.8 Å². The van der Waals surface area contributed by atoms with Gasteiger partial charge in [0.05, 0.1) is 23.7 Å². The van der Waals surface area contributed by atoms with Crippen molar-refractivity contribution in [3.8, 4) is 0 Å². The number of halogens is 2. The number of sulfone groups is 1. The van der Waals surface area contributed by atoms with Gasteiger partial charge in [0.1, 0.15) is 0 Å². The van der Waals surface area contributed by atoms with E-state index in [1.54, 1.807) is 6.07 Å². The Bertz CT molecular complexity index is 766. The lowest BCUT2D eigenvalue weighted by atomic mass is 9.94. The van der Waals surface area contributed by atoms with Crippen LogP contribution >= 0.6 is 23.2 Å². The molecule has 0 unspecified atom stereocenters. The van der Waals surface area contributed by atoms with Crippen molar-refractivity contribution in [3.63, 3.8) is 0 Å². The normalized spacial score (nSPS) is 26.6. The van der Waals surface area contributed by atoms with Gasteiger partial charge in [-0.1, -0.05) is 29.3 Å². The van der Waals surface area contributed by atoms with Crippen LogP contribution in [-0.4, -0.2) is 80.7 Å². The van der Waals surface area contributed by atoms with E-state index < -0.39 is 15.9 Å². The van der Waals surface area contributed by atoms with Gasteiger partial charge in [0.2, 0.25) is 0 Å². The number of nitrogens with zero attached hydrogens (tertiary/aromatic N) is 2. The van der Waals surface area contributed by atoms with Crippen molar-refractivity contribution in [1.82, 2.24) is 9.80 Å². The lowest BCUT2D eigenvalue weighted by Crippen LogP contribution is -2.49. The quantitative estimate of drug-likeness (QED) is 0.730. The highest BCUT2D eigenvalue weighted by Gasteiger charge is 2.49. The lowest BCUT2D eigenvalue weighted by Gasteiger charge is -2.34. The van der Waals surface area contributed by atoms with Crippen LogP contribution in [0.1, 0.15) is 18.4 Å². The van der Waals surface area contributed by atoms with Gasteiger partial charge in [-0.25, -0.2) is 8.42 Å². The van der Waals surface area contributed by atoms with E-state index in [9.17, 15) is 13.5 Å². The first-order valence-electron chi connectivity index (χ1n) is 8.85. The van der Waals surface area contributed by atoms with Crippen molar-refractivity contribution >= 4 is 33.0 Å². The molecule has 1 aromatic rings. The molecule has 1 saturated heterocycles. The fourth-order valence-corrected chi connectivity index (χ4v) is 6.26. The molecular formula is C18H26Cl2N2O3S. The molecule has 2 aliphatic rings. The van der Waals surface area contributed by atoms with Crippen molar-refractivity contribution < 1.29 is 13.5 Å². The van der Waals surface area contributed by atoms with Gasteiger partial charge >= 0.3 is 0 Å². The monoisotopic (exact) mass is 420 g/mol. The van der Waals surface area contributed by atoms with Gasteiger partial charge in [-0.15, -0.1) is 0 Å². The Labute approximate surface area is 165 Å². The Hall–Kier alpha value is -0.370. The van der Waals surface area contributed by atoms with Gasteiger partial charge in [0, 0.05) is 35.1 Å². The molecule has 2 atom stereocenters. The highest BCUT2D eigenvalue weighted by Crippen LogP contribution is 2.51. The fourth-order valence-electron chi connectivity index (χ4n) is 3.82. The Morgan fingerprint density at radius 1 is 1.19 bits per heavy atom. The summed E-state index contributed by atoms with van der Waals surface area (Å²) in [4.78, 5) is 4.21. The molecule has 0 spiro atoms. The molecule has 1 aliphatic carbocycles. The van der Waals surface area contributed by atoms with E-state index in [-0.39, 0.29) is 23.0 Å². The zero-order chi connectivity index (χ0) is 19.1. The summed E-state index contributed by atoms with van der Waals surface area (Å²) in [5, 5.41) is 11.6. The molecule has 0 aromatic heterocycles. The van der Waals surface area contributed by atoms with E-state index in [1.807, 2.05) is 26.2 Å². The molecule has 8 heteroatoms. The largest absolute Gasteiger partial charge is 0.390 e. The number of hydrogen-bond acceptors (Lipinski definition) is 5. The zero-order valence-corrected chi connectivity index (χ0v) is 17.5. The molecular weight excluding hydrogens is 395 g/mol. The van der Waals surface area contributed by atoms with Crippen molar-refractivity contribution in [2.24, 2.45) is 0 Å². The topological polar surface area (TPSA) is 60.9 Å². The molecule has 1 N–H and O–H groups in total. The summed E-state index contributed by atoms with van der Waals surface area (Å²) in [5.41, 5.74) is 0.980. The molecule has 146 valence electrons. The van der Waals surface area contributed by atoms with Gasteiger partial charge in [0.25, 0.3) is 0 Å². The predicted molar refractivity (Wildman–Crippen MR) is 106 cm³/mol. The second-order valence-electron chi connectivity index (χ2n) is 7.89. The molecule has 1 heterocycles. The summed E-state index contributed by atoms with van der Waals surface area (Å²) in [6.45, 7) is 2.20. The van der Waals surface area contributed by atoms with E-state index in [2.05, 4.69) is 9.80 Å². The number of aliphatic hydroxyl groups excluding tert-OH is 1. The van der Waals surface area contributed by atoms with Crippen LogP contribution in [0.15, 0.2) is 18.2 Å². The Morgan fingerprint density at radius 2 is 1.88 bits per heavy atom. The smallest absolute Gasteiger partial charge is 0.154 e. The minimum absolute atomic E-state index is 0.0199. The molecule has 1 saturated carbocycles. The molecule has 3 rings (SSSR count). The van der Waals surface area contributed by atoms with Crippen LogP contribution in [-0.2, 0) is 15.3 Å². The second kappa shape index (κ2) is 7.57. The van der Waals surface area contributed by atoms with Crippen LogP contribution in [0.4, 0.5) is 0 Å². The number of rotatable bonds is 7. The first-order valence-corrected chi connectivity index (χ1v) is 11.4. The van der Waals surface area contributed by atoms with Crippen molar-refractivity contribution in [2.75, 3.05) is 45.2 Å². The summed E-state index contributed by atoms with van der Waals surface area (Å²) >= 11 is 12.5. The Balaban J connectivity index is 1.83. The van der Waals surface area contributed by atoms with E-state index >= 15 is 0 Å². The van der Waals surface area contributed by atoms with Gasteiger partial charge in [0.15, 0.2) is 9.84 Å². The third kappa shape index (κ3) is 4.54. The Kier molecular flexibility index (Phi) is 5.93. The van der Waals surface area contributed by atoms with E-state index in [0.29, 0.717) is 23.1 Å². The maximum atomic E-state index is 12.0. The molecule has 1 aliphatic heterocycles. The average molecular weight is 421 g/mol. The minimum Gasteiger partial charge on any atom is -0.390 e. The van der Waals surface area contributed by atoms with Gasteiger partial charge < -0.3 is 10.0 Å². The van der Waals surface area contributed by atoms with Crippen molar-refractivity contribution in [2.45, 2.75) is 30.4 Å². The van der Waals surface area contributed by atoms with Crippen LogP contribution in [0, 0.1) is 0 Å². The molecule has 0 radical (unpaired) electrons. The number of aliphatic hydroxyl groups is 1. The molecule has 0 amide bonds. The number of hydrogen-bond donors (Lipinski definition) is 1. The third-order valence-electron chi connectivity index (χ3n) is 5.46. The highest BCUT2D eigenvalue weighted by atomic mass is 35.5. The van der Waals surface area contributed by atoms with Gasteiger partial charge in [-0.3, -0.25) is 4.90 Å². The lowest BCUT2D eigenvalue weighted by molar-refractivity contribution is 0.0720. The maximum absolute atomic E-state index is 12.0. The van der Waals surface area contributed by atoms with E-state index in [0.717, 1.165) is 24.9 Å². The van der Waals surface area contributed by atoms with Crippen LogP contribution in [0.2, 0.25) is 10.0 Å². The van der Waals surface area contributed by atoms with Crippen LogP contribution < -0.4 is 0 Å². The van der Waals surface area contributed by atoms with Gasteiger partial charge in [-0.2, -0.15) is 0 Å². The SMILES string of the molecule is CN(C)CCN(CC1(c2ccc(Cl)cc2Cl)CC1)[C@H]1CS(=O)(=O)C[C@@H]1O. The molecule has 26 heavy (non-hydrogen) atoms. The molecule has 5 nitrogen and oxygen atoms in total. The number of benzene rings is 1. The summed E-state index contributed by atoms with van der Waals surface area (Å²) in [5.74, 6) is -0.128. The first-order chi connectivity index (χ1) is 12.1. The minimum atomic E-state index is -3.19. The standard InChI is InChI=1S/C18H26Cl2N2O3S/c1-21(2)7-8-22(16-10-26(24,25)11-17(16)23)12-18(5-6-18)14-4-3-13(19)9-15(14)20/h3-4,9,16-17,23H,5-8,10-12H2,1-2H3/t16-,17-/m0/s1. The maximum Gasteiger partial charge on any atom is 0.154 e. The first kappa shape index (κ1) is 20.4. The molecule has 1 aromatic carbocycles. The predicted octanol–water partition coefficient (Wildman–Crippen LogP) is 2.05. The average Bonchev–Trinajstić information content (AvgIpc) is 3.23. The van der Waals surface area contributed by atoms with Crippen LogP contribution in [0.3, 0.4) is 0 Å². The third-order valence-corrected chi connectivity index (χ3v) is 7.71. The Morgan fingerprint density at radius 3 is 2.38 bits per heavy atom. The fraction of sp³-hybridized carbons (Fsp3) is 0.667.